The Kier molecular flexibility index (Phi) is 4.22. The van der Waals surface area contributed by atoms with E-state index in [-0.39, 0.29) is 17.8 Å². The van der Waals surface area contributed by atoms with Crippen molar-refractivity contribution in [3.63, 3.8) is 0 Å². The van der Waals surface area contributed by atoms with E-state index >= 15 is 0 Å². The molecule has 4 heterocycles. The van der Waals surface area contributed by atoms with Crippen LogP contribution in [0.5, 0.6) is 5.75 Å². The van der Waals surface area contributed by atoms with Crippen molar-refractivity contribution in [1.29, 1.82) is 0 Å². The number of hydrogen-bond acceptors (Lipinski definition) is 5. The zero-order valence-electron chi connectivity index (χ0n) is 16.0. The molecule has 1 aromatic carbocycles. The number of hydrogen-bond donors (Lipinski definition) is 1. The van der Waals surface area contributed by atoms with E-state index in [1.807, 2.05) is 13.8 Å². The first-order valence-corrected chi connectivity index (χ1v) is 9.79. The highest BCUT2D eigenvalue weighted by atomic mass is 35.5. The van der Waals surface area contributed by atoms with Crippen molar-refractivity contribution in [3.05, 3.63) is 57.2 Å². The predicted octanol–water partition coefficient (Wildman–Crippen LogP) is 2.65. The van der Waals surface area contributed by atoms with Gasteiger partial charge in [-0.1, -0.05) is 11.6 Å². The molecule has 150 valence electrons. The highest BCUT2D eigenvalue weighted by Gasteiger charge is 2.32. The maximum atomic E-state index is 13.8. The summed E-state index contributed by atoms with van der Waals surface area (Å²) in [7, 11) is 0. The lowest BCUT2D eigenvalue weighted by atomic mass is 10.1. The van der Waals surface area contributed by atoms with Crippen molar-refractivity contribution in [2.75, 3.05) is 13.1 Å². The van der Waals surface area contributed by atoms with Gasteiger partial charge in [-0.15, -0.1) is 0 Å². The van der Waals surface area contributed by atoms with Crippen LogP contribution < -0.4 is 10.1 Å². The third kappa shape index (κ3) is 2.94. The van der Waals surface area contributed by atoms with Gasteiger partial charge >= 0.3 is 0 Å². The topological polar surface area (TPSA) is 71.8 Å². The maximum absolute atomic E-state index is 13.8. The summed E-state index contributed by atoms with van der Waals surface area (Å²) >= 11 is 6.29. The number of fused-ring (bicyclic) bond motifs is 3. The number of ether oxygens (including phenoxy) is 1. The molecule has 9 heteroatoms. The second kappa shape index (κ2) is 6.67. The number of aromatic nitrogens is 3. The van der Waals surface area contributed by atoms with Crippen LogP contribution in [0.2, 0.25) is 5.02 Å². The summed E-state index contributed by atoms with van der Waals surface area (Å²) in [6.07, 6.45) is -0.0526. The number of halogens is 2. The lowest BCUT2D eigenvalue weighted by molar-refractivity contribution is 0.0736. The lowest BCUT2D eigenvalue weighted by Crippen LogP contribution is -2.50. The van der Waals surface area contributed by atoms with Crippen LogP contribution in [0, 0.1) is 19.7 Å². The highest BCUT2D eigenvalue weighted by molar-refractivity contribution is 6.31. The Hall–Kier alpha value is -2.71. The van der Waals surface area contributed by atoms with E-state index in [0.29, 0.717) is 42.4 Å². The molecule has 0 spiro atoms. The van der Waals surface area contributed by atoms with Crippen LogP contribution in [0.1, 0.15) is 33.0 Å². The zero-order chi connectivity index (χ0) is 20.3. The zero-order valence-corrected chi connectivity index (χ0v) is 16.8. The number of carbonyl (C=O) groups is 1. The third-order valence-electron chi connectivity index (χ3n) is 5.45. The molecule has 7 nitrogen and oxygen atoms in total. The molecule has 2 aliphatic rings. The van der Waals surface area contributed by atoms with Gasteiger partial charge in [0.1, 0.15) is 17.7 Å². The molecule has 5 rings (SSSR count). The van der Waals surface area contributed by atoms with E-state index in [2.05, 4.69) is 15.4 Å². The average molecular weight is 416 g/mol. The number of rotatable bonds is 3. The smallest absolute Gasteiger partial charge is 0.258 e. The molecule has 1 amide bonds. The quantitative estimate of drug-likeness (QED) is 0.712. The molecule has 1 N–H and O–H groups in total. The standard InChI is InChI=1S/C20H19ClFN5O2/c1-10-18(21)11(2)27-19(24-10)15-8-26(9-16(15)25-27)20(28)14-4-3-12(22)5-17(14)29-13-6-23-7-13/h3-5,13,23H,6-9H2,1-2H3. The van der Waals surface area contributed by atoms with E-state index in [9.17, 15) is 9.18 Å². The summed E-state index contributed by atoms with van der Waals surface area (Å²) in [6, 6.07) is 4.03. The Labute approximate surface area is 171 Å². The number of amides is 1. The second-order valence-corrected chi connectivity index (χ2v) is 7.84. The Morgan fingerprint density at radius 1 is 1.31 bits per heavy atom. The van der Waals surface area contributed by atoms with Gasteiger partial charge in [0.05, 0.1) is 40.8 Å². The number of aryl methyl sites for hydroxylation is 2. The van der Waals surface area contributed by atoms with Crippen LogP contribution in [0.3, 0.4) is 0 Å². The minimum atomic E-state index is -0.432. The molecular formula is C20H19ClFN5O2. The van der Waals surface area contributed by atoms with Gasteiger partial charge in [0.2, 0.25) is 0 Å². The van der Waals surface area contributed by atoms with Crippen LogP contribution in [-0.4, -0.2) is 44.6 Å². The van der Waals surface area contributed by atoms with Crippen LogP contribution in [0.15, 0.2) is 18.2 Å². The summed E-state index contributed by atoms with van der Waals surface area (Å²) in [5, 5.41) is 8.29. The Morgan fingerprint density at radius 3 is 2.83 bits per heavy atom. The molecule has 29 heavy (non-hydrogen) atoms. The Morgan fingerprint density at radius 2 is 2.10 bits per heavy atom. The van der Waals surface area contributed by atoms with Crippen molar-refractivity contribution >= 4 is 23.2 Å². The number of nitrogens with one attached hydrogen (secondary N) is 1. The predicted molar refractivity (Wildman–Crippen MR) is 105 cm³/mol. The fourth-order valence-corrected chi connectivity index (χ4v) is 3.84. The number of carbonyl (C=O) groups excluding carboxylic acids is 1. The van der Waals surface area contributed by atoms with Gasteiger partial charge in [0, 0.05) is 24.7 Å². The van der Waals surface area contributed by atoms with E-state index < -0.39 is 5.82 Å². The molecule has 1 fully saturated rings. The first kappa shape index (κ1) is 18.3. The second-order valence-electron chi connectivity index (χ2n) is 7.46. The summed E-state index contributed by atoms with van der Waals surface area (Å²) in [5.74, 6) is -0.374. The summed E-state index contributed by atoms with van der Waals surface area (Å²) in [4.78, 5) is 19.4. The number of nitrogens with zero attached hydrogens (tertiary/aromatic N) is 4. The molecule has 1 saturated heterocycles. The molecule has 0 saturated carbocycles. The average Bonchev–Trinajstić information content (AvgIpc) is 3.21. The molecule has 2 aromatic heterocycles. The third-order valence-corrected chi connectivity index (χ3v) is 6.00. The van der Waals surface area contributed by atoms with Crippen LogP contribution in [0.25, 0.3) is 5.65 Å². The molecule has 0 bridgehead atoms. The summed E-state index contributed by atoms with van der Waals surface area (Å²) in [5.41, 5.74) is 4.32. The van der Waals surface area contributed by atoms with Gasteiger partial charge in [0.15, 0.2) is 5.65 Å². The van der Waals surface area contributed by atoms with Crippen molar-refractivity contribution < 1.29 is 13.9 Å². The lowest BCUT2D eigenvalue weighted by Gasteiger charge is -2.29. The van der Waals surface area contributed by atoms with Crippen molar-refractivity contribution in [3.8, 4) is 5.75 Å². The van der Waals surface area contributed by atoms with E-state index in [0.717, 1.165) is 22.6 Å². The van der Waals surface area contributed by atoms with Gasteiger partial charge in [-0.05, 0) is 26.0 Å². The first-order chi connectivity index (χ1) is 13.9. The van der Waals surface area contributed by atoms with Gasteiger partial charge in [-0.3, -0.25) is 4.79 Å². The van der Waals surface area contributed by atoms with Crippen molar-refractivity contribution in [2.24, 2.45) is 0 Å². The van der Waals surface area contributed by atoms with E-state index in [1.165, 1.54) is 18.2 Å². The van der Waals surface area contributed by atoms with Gasteiger partial charge in [-0.25, -0.2) is 13.9 Å². The van der Waals surface area contributed by atoms with E-state index in [1.54, 1.807) is 9.42 Å². The Bertz CT molecular complexity index is 1160. The monoisotopic (exact) mass is 415 g/mol. The SMILES string of the molecule is Cc1nc2c3c(nn2c(C)c1Cl)CN(C(=O)c1ccc(F)cc1OC1CNC1)C3. The highest BCUT2D eigenvalue weighted by Crippen LogP contribution is 2.31. The maximum Gasteiger partial charge on any atom is 0.258 e. The molecule has 2 aliphatic heterocycles. The molecule has 0 atom stereocenters. The van der Waals surface area contributed by atoms with Gasteiger partial charge < -0.3 is 15.0 Å². The molecular weight excluding hydrogens is 397 g/mol. The summed E-state index contributed by atoms with van der Waals surface area (Å²) < 4.78 is 21.3. The molecule has 0 aliphatic carbocycles. The van der Waals surface area contributed by atoms with Gasteiger partial charge in [-0.2, -0.15) is 5.10 Å². The summed E-state index contributed by atoms with van der Waals surface area (Å²) in [6.45, 7) is 5.85. The minimum absolute atomic E-state index is 0.0526. The van der Waals surface area contributed by atoms with Crippen LogP contribution in [0.4, 0.5) is 4.39 Å². The van der Waals surface area contributed by atoms with E-state index in [4.69, 9.17) is 16.3 Å². The van der Waals surface area contributed by atoms with Crippen LogP contribution >= 0.6 is 11.6 Å². The normalized spacial score (nSPS) is 16.2. The minimum Gasteiger partial charge on any atom is -0.487 e. The van der Waals surface area contributed by atoms with Crippen molar-refractivity contribution in [2.45, 2.75) is 33.0 Å². The molecule has 3 aromatic rings. The van der Waals surface area contributed by atoms with Crippen LogP contribution in [-0.2, 0) is 13.1 Å². The van der Waals surface area contributed by atoms with Gasteiger partial charge in [0.25, 0.3) is 5.91 Å². The fraction of sp³-hybridized carbons (Fsp3) is 0.350. The van der Waals surface area contributed by atoms with Crippen molar-refractivity contribution in [1.82, 2.24) is 24.8 Å². The number of benzene rings is 1. The Balaban J connectivity index is 1.46. The fourth-order valence-electron chi connectivity index (χ4n) is 3.72. The molecule has 0 unspecified atom stereocenters. The molecule has 0 radical (unpaired) electrons. The largest absolute Gasteiger partial charge is 0.487 e. The first-order valence-electron chi connectivity index (χ1n) is 9.41.